The van der Waals surface area contributed by atoms with E-state index in [2.05, 4.69) is 5.32 Å². The van der Waals surface area contributed by atoms with E-state index in [4.69, 9.17) is 39.5 Å². The predicted molar refractivity (Wildman–Crippen MR) is 156 cm³/mol. The molecular weight excluding hydrogens is 579 g/mol. The van der Waals surface area contributed by atoms with E-state index in [0.29, 0.717) is 26.5 Å². The lowest BCUT2D eigenvalue weighted by Crippen LogP contribution is -2.30. The van der Waals surface area contributed by atoms with E-state index < -0.39 is 10.0 Å². The van der Waals surface area contributed by atoms with Crippen molar-refractivity contribution in [1.82, 2.24) is 5.32 Å². The number of halogens is 3. The van der Waals surface area contributed by atoms with Crippen LogP contribution < -0.4 is 14.4 Å². The molecule has 1 N–H and O–H groups in total. The summed E-state index contributed by atoms with van der Waals surface area (Å²) >= 11 is 18.1. The number of ether oxygens (including phenoxy) is 1. The van der Waals surface area contributed by atoms with Gasteiger partial charge in [0.2, 0.25) is 0 Å². The molecule has 0 fully saturated rings. The largest absolute Gasteiger partial charge is 0.484 e. The lowest BCUT2D eigenvalue weighted by Gasteiger charge is -2.25. The van der Waals surface area contributed by atoms with Crippen molar-refractivity contribution in [3.63, 3.8) is 0 Å². The van der Waals surface area contributed by atoms with Gasteiger partial charge in [0.1, 0.15) is 5.75 Å². The average molecular weight is 604 g/mol. The van der Waals surface area contributed by atoms with E-state index in [9.17, 15) is 13.2 Å². The van der Waals surface area contributed by atoms with E-state index in [-0.39, 0.29) is 30.5 Å². The standard InChI is InChI=1S/C29H25Cl3N2O4S/c1-20-2-14-27(15-3-20)39(36,37)34(18-21-4-7-23(30)8-5-21)25-10-12-26(13-11-25)38-19-29(35)33-17-22-6-9-24(31)16-28(22)32/h2-16H,17-19H2,1H3,(H,33,35). The quantitative estimate of drug-likeness (QED) is 0.211. The molecule has 0 atom stereocenters. The van der Waals surface area contributed by atoms with Crippen molar-refractivity contribution in [3.8, 4) is 5.75 Å². The number of amides is 1. The maximum atomic E-state index is 13.6. The van der Waals surface area contributed by atoms with Crippen molar-refractivity contribution in [2.24, 2.45) is 0 Å². The zero-order valence-electron chi connectivity index (χ0n) is 20.9. The summed E-state index contributed by atoms with van der Waals surface area (Å²) in [5, 5.41) is 4.28. The highest BCUT2D eigenvalue weighted by atomic mass is 35.5. The van der Waals surface area contributed by atoms with Gasteiger partial charge in [0.15, 0.2) is 6.61 Å². The summed E-state index contributed by atoms with van der Waals surface area (Å²) in [5.74, 6) is 0.0778. The Morgan fingerprint density at radius 1 is 0.846 bits per heavy atom. The highest BCUT2D eigenvalue weighted by molar-refractivity contribution is 7.92. The third-order valence-electron chi connectivity index (χ3n) is 5.83. The molecule has 0 bridgehead atoms. The number of sulfonamides is 1. The first-order valence-corrected chi connectivity index (χ1v) is 14.5. The minimum Gasteiger partial charge on any atom is -0.484 e. The van der Waals surface area contributed by atoms with Crippen molar-refractivity contribution < 1.29 is 17.9 Å². The molecule has 0 saturated carbocycles. The van der Waals surface area contributed by atoms with Crippen LogP contribution in [0.3, 0.4) is 0 Å². The van der Waals surface area contributed by atoms with Crippen molar-refractivity contribution in [2.45, 2.75) is 24.9 Å². The Morgan fingerprint density at radius 3 is 2.13 bits per heavy atom. The van der Waals surface area contributed by atoms with Gasteiger partial charge in [0, 0.05) is 21.6 Å². The topological polar surface area (TPSA) is 75.7 Å². The molecule has 4 rings (SSSR count). The summed E-state index contributed by atoms with van der Waals surface area (Å²) in [5.41, 5.74) is 2.90. The van der Waals surface area contributed by atoms with Crippen LogP contribution >= 0.6 is 34.8 Å². The first-order chi connectivity index (χ1) is 18.6. The molecule has 39 heavy (non-hydrogen) atoms. The van der Waals surface area contributed by atoms with Crippen LogP contribution in [0.1, 0.15) is 16.7 Å². The molecule has 202 valence electrons. The number of nitrogens with zero attached hydrogens (tertiary/aromatic N) is 1. The fraction of sp³-hybridized carbons (Fsp3) is 0.138. The molecule has 6 nitrogen and oxygen atoms in total. The maximum absolute atomic E-state index is 13.6. The van der Waals surface area contributed by atoms with Crippen LogP contribution in [0.15, 0.2) is 95.9 Å². The van der Waals surface area contributed by atoms with Crippen LogP contribution in [-0.4, -0.2) is 20.9 Å². The van der Waals surface area contributed by atoms with Crippen molar-refractivity contribution in [1.29, 1.82) is 0 Å². The number of nitrogens with one attached hydrogen (secondary N) is 1. The lowest BCUT2D eigenvalue weighted by atomic mass is 10.2. The third-order valence-corrected chi connectivity index (χ3v) is 8.46. The highest BCUT2D eigenvalue weighted by Gasteiger charge is 2.25. The Bertz CT molecular complexity index is 1540. The molecule has 10 heteroatoms. The first kappa shape index (κ1) is 28.8. The van der Waals surface area contributed by atoms with Gasteiger partial charge in [0.25, 0.3) is 15.9 Å². The number of hydrogen-bond acceptors (Lipinski definition) is 4. The Labute approximate surface area is 243 Å². The molecule has 0 aromatic heterocycles. The summed E-state index contributed by atoms with van der Waals surface area (Å²) in [6.07, 6.45) is 0. The number of carbonyl (C=O) groups is 1. The molecule has 0 unspecified atom stereocenters. The molecule has 4 aromatic carbocycles. The zero-order chi connectivity index (χ0) is 28.0. The SMILES string of the molecule is Cc1ccc(S(=O)(=O)N(Cc2ccc(Cl)cc2)c2ccc(OCC(=O)NCc3ccc(Cl)cc3Cl)cc2)cc1. The minimum absolute atomic E-state index is 0.100. The van der Waals surface area contributed by atoms with Crippen molar-refractivity contribution in [3.05, 3.63) is 123 Å². The van der Waals surface area contributed by atoms with Crippen molar-refractivity contribution >= 4 is 56.4 Å². The Kier molecular flexibility index (Phi) is 9.40. The number of aryl methyl sites for hydroxylation is 1. The molecule has 4 aromatic rings. The molecule has 0 aliphatic rings. The van der Waals surface area contributed by atoms with E-state index in [1.54, 1.807) is 91.0 Å². The van der Waals surface area contributed by atoms with Crippen LogP contribution in [0.4, 0.5) is 5.69 Å². The Hall–Kier alpha value is -3.23. The van der Waals surface area contributed by atoms with Gasteiger partial charge in [-0.25, -0.2) is 8.42 Å². The van der Waals surface area contributed by atoms with Gasteiger partial charge in [0.05, 0.1) is 17.1 Å². The summed E-state index contributed by atoms with van der Waals surface area (Å²) in [4.78, 5) is 12.5. The van der Waals surface area contributed by atoms with Gasteiger partial charge in [-0.15, -0.1) is 0 Å². The second kappa shape index (κ2) is 12.7. The van der Waals surface area contributed by atoms with Gasteiger partial charge in [-0.3, -0.25) is 9.10 Å². The van der Waals surface area contributed by atoms with Crippen LogP contribution in [0, 0.1) is 6.92 Å². The summed E-state index contributed by atoms with van der Waals surface area (Å²) in [6, 6.07) is 25.3. The monoisotopic (exact) mass is 602 g/mol. The van der Waals surface area contributed by atoms with E-state index in [1.165, 1.54) is 4.31 Å². The Morgan fingerprint density at radius 2 is 1.49 bits per heavy atom. The molecule has 0 spiro atoms. The van der Waals surface area contributed by atoms with Crippen molar-refractivity contribution in [2.75, 3.05) is 10.9 Å². The number of hydrogen-bond donors (Lipinski definition) is 1. The van der Waals surface area contributed by atoms with Crippen LogP contribution in [0.25, 0.3) is 0 Å². The zero-order valence-corrected chi connectivity index (χ0v) is 24.0. The molecule has 0 aliphatic heterocycles. The molecule has 1 amide bonds. The number of benzene rings is 4. The van der Waals surface area contributed by atoms with E-state index in [0.717, 1.165) is 16.7 Å². The van der Waals surface area contributed by atoms with Crippen LogP contribution in [-0.2, 0) is 27.9 Å². The molecular formula is C29H25Cl3N2O4S. The number of anilines is 1. The molecule has 0 heterocycles. The predicted octanol–water partition coefficient (Wildman–Crippen LogP) is 7.05. The third kappa shape index (κ3) is 7.67. The first-order valence-electron chi connectivity index (χ1n) is 11.9. The van der Waals surface area contributed by atoms with Gasteiger partial charge in [-0.2, -0.15) is 0 Å². The summed E-state index contributed by atoms with van der Waals surface area (Å²) < 4.78 is 34.2. The van der Waals surface area contributed by atoms with Gasteiger partial charge >= 0.3 is 0 Å². The number of rotatable bonds is 10. The van der Waals surface area contributed by atoms with E-state index in [1.807, 2.05) is 6.92 Å². The fourth-order valence-electron chi connectivity index (χ4n) is 3.68. The highest BCUT2D eigenvalue weighted by Crippen LogP contribution is 2.28. The number of carbonyl (C=O) groups excluding carboxylic acids is 1. The minimum atomic E-state index is -3.88. The normalized spacial score (nSPS) is 11.2. The average Bonchev–Trinajstić information content (AvgIpc) is 2.91. The maximum Gasteiger partial charge on any atom is 0.264 e. The molecule has 0 aliphatic carbocycles. The fourth-order valence-corrected chi connectivity index (χ4v) is 5.73. The van der Waals surface area contributed by atoms with Crippen LogP contribution in [0.2, 0.25) is 15.1 Å². The smallest absolute Gasteiger partial charge is 0.264 e. The molecule has 0 saturated heterocycles. The Balaban J connectivity index is 1.47. The van der Waals surface area contributed by atoms with Gasteiger partial charge in [-0.1, -0.05) is 70.7 Å². The second-order valence-electron chi connectivity index (χ2n) is 8.75. The second-order valence-corrected chi connectivity index (χ2v) is 11.9. The van der Waals surface area contributed by atoms with Gasteiger partial charge in [-0.05, 0) is 78.7 Å². The van der Waals surface area contributed by atoms with Gasteiger partial charge < -0.3 is 10.1 Å². The molecule has 0 radical (unpaired) electrons. The van der Waals surface area contributed by atoms with E-state index >= 15 is 0 Å². The summed E-state index contributed by atoms with van der Waals surface area (Å²) in [6.45, 7) is 2.01. The lowest BCUT2D eigenvalue weighted by molar-refractivity contribution is -0.123. The van der Waals surface area contributed by atoms with Crippen LogP contribution in [0.5, 0.6) is 5.75 Å². The summed E-state index contributed by atoms with van der Waals surface area (Å²) in [7, 11) is -3.88.